The number of rotatable bonds is 8. The van der Waals surface area contributed by atoms with Gasteiger partial charge in [-0.2, -0.15) is 18.2 Å². The van der Waals surface area contributed by atoms with Gasteiger partial charge in [-0.3, -0.25) is 0 Å². The lowest BCUT2D eigenvalue weighted by atomic mass is 10.1. The number of halogens is 3. The second-order valence-corrected chi connectivity index (χ2v) is 4.96. The quantitative estimate of drug-likeness (QED) is 0.740. The Morgan fingerprint density at radius 3 is 2.80 bits per heavy atom. The normalized spacial score (nSPS) is 17.4. The molecule has 0 aromatic carbocycles. The molecule has 0 spiro atoms. The predicted octanol–water partition coefficient (Wildman–Crippen LogP) is 1.73. The van der Waals surface area contributed by atoms with Crippen LogP contribution in [-0.2, 0) is 17.6 Å². The summed E-state index contributed by atoms with van der Waals surface area (Å²) in [6.07, 6.45) is -1.02. The number of aromatic nitrogens is 2. The maximum Gasteiger partial charge on any atom is 0.411 e. The first-order valence-electron chi connectivity index (χ1n) is 6.61. The third-order valence-corrected chi connectivity index (χ3v) is 3.20. The zero-order valence-electron chi connectivity index (χ0n) is 11.2. The van der Waals surface area contributed by atoms with Crippen molar-refractivity contribution >= 4 is 0 Å². The van der Waals surface area contributed by atoms with Crippen LogP contribution in [0.25, 0.3) is 0 Å². The van der Waals surface area contributed by atoms with Crippen LogP contribution in [0, 0.1) is 5.92 Å². The molecule has 1 heterocycles. The fourth-order valence-electron chi connectivity index (χ4n) is 2.02. The van der Waals surface area contributed by atoms with Gasteiger partial charge in [-0.25, -0.2) is 0 Å². The molecule has 2 rings (SSSR count). The van der Waals surface area contributed by atoms with Crippen LogP contribution in [0.2, 0.25) is 0 Å². The van der Waals surface area contributed by atoms with Crippen LogP contribution in [0.3, 0.4) is 0 Å². The first kappa shape index (κ1) is 15.2. The van der Waals surface area contributed by atoms with E-state index in [0.29, 0.717) is 30.1 Å². The molecule has 0 bridgehead atoms. The lowest BCUT2D eigenvalue weighted by Crippen LogP contribution is -2.29. The molecule has 1 aromatic heterocycles. The summed E-state index contributed by atoms with van der Waals surface area (Å²) in [5, 5.41) is 6.96. The topological polar surface area (TPSA) is 60.2 Å². The van der Waals surface area contributed by atoms with Gasteiger partial charge >= 0.3 is 6.18 Å². The number of nitrogens with one attached hydrogen (secondary N) is 1. The van der Waals surface area contributed by atoms with Crippen LogP contribution in [0.15, 0.2) is 4.52 Å². The molecule has 0 aliphatic heterocycles. The summed E-state index contributed by atoms with van der Waals surface area (Å²) in [7, 11) is 1.89. The number of likely N-dealkylation sites (N-methyl/N-ethyl adjacent to an activating group) is 1. The van der Waals surface area contributed by atoms with E-state index in [2.05, 4.69) is 20.2 Å². The molecule has 1 aliphatic carbocycles. The minimum Gasteiger partial charge on any atom is -0.372 e. The molecule has 1 saturated carbocycles. The largest absolute Gasteiger partial charge is 0.411 e. The Morgan fingerprint density at radius 1 is 1.45 bits per heavy atom. The summed E-state index contributed by atoms with van der Waals surface area (Å²) in [5.41, 5.74) is 0. The van der Waals surface area contributed by atoms with E-state index in [1.807, 2.05) is 7.05 Å². The third kappa shape index (κ3) is 5.09. The highest BCUT2D eigenvalue weighted by Gasteiger charge is 2.31. The van der Waals surface area contributed by atoms with Crippen LogP contribution in [0.5, 0.6) is 0 Å². The maximum absolute atomic E-state index is 11.9. The van der Waals surface area contributed by atoms with E-state index in [1.165, 1.54) is 12.8 Å². The van der Waals surface area contributed by atoms with E-state index in [4.69, 9.17) is 4.52 Å². The summed E-state index contributed by atoms with van der Waals surface area (Å²) in [5.74, 6) is 1.56. The van der Waals surface area contributed by atoms with Crippen LogP contribution in [0.4, 0.5) is 13.2 Å². The Bertz CT molecular complexity index is 418. The standard InChI is InChI=1S/C12H18F3N3O2/c1-16-9(8-2-3-8)6-11-17-10(18-20-11)4-5-19-7-12(13,14)15/h8-9,16H,2-7H2,1H3. The summed E-state index contributed by atoms with van der Waals surface area (Å²) in [4.78, 5) is 4.16. The SMILES string of the molecule is CNC(Cc1nc(CCOCC(F)(F)F)no1)C1CC1. The first-order chi connectivity index (χ1) is 9.48. The molecule has 20 heavy (non-hydrogen) atoms. The smallest absolute Gasteiger partial charge is 0.372 e. The van der Waals surface area contributed by atoms with E-state index in [0.717, 1.165) is 0 Å². The monoisotopic (exact) mass is 293 g/mol. The minimum atomic E-state index is -4.30. The van der Waals surface area contributed by atoms with Crippen molar-refractivity contribution in [2.75, 3.05) is 20.3 Å². The fraction of sp³-hybridized carbons (Fsp3) is 0.833. The summed E-state index contributed by atoms with van der Waals surface area (Å²) in [6, 6.07) is 0.324. The molecule has 114 valence electrons. The molecule has 5 nitrogen and oxygen atoms in total. The highest BCUT2D eigenvalue weighted by Crippen LogP contribution is 2.33. The number of ether oxygens (including phenoxy) is 1. The van der Waals surface area contributed by atoms with Gasteiger partial charge in [0.2, 0.25) is 5.89 Å². The predicted molar refractivity (Wildman–Crippen MR) is 64.2 cm³/mol. The van der Waals surface area contributed by atoms with E-state index in [-0.39, 0.29) is 13.0 Å². The molecule has 1 aromatic rings. The molecule has 1 atom stereocenters. The van der Waals surface area contributed by atoms with Crippen molar-refractivity contribution in [2.24, 2.45) is 5.92 Å². The van der Waals surface area contributed by atoms with Gasteiger partial charge in [0.25, 0.3) is 0 Å². The van der Waals surface area contributed by atoms with Crippen molar-refractivity contribution in [1.82, 2.24) is 15.5 Å². The highest BCUT2D eigenvalue weighted by molar-refractivity contribution is 4.94. The van der Waals surface area contributed by atoms with Gasteiger partial charge < -0.3 is 14.6 Å². The van der Waals surface area contributed by atoms with Crippen LogP contribution in [-0.4, -0.2) is 42.6 Å². The molecule has 1 aliphatic rings. The molecule has 1 N–H and O–H groups in total. The second-order valence-electron chi connectivity index (χ2n) is 4.96. The Kier molecular flexibility index (Phi) is 4.98. The van der Waals surface area contributed by atoms with Crippen LogP contribution < -0.4 is 5.32 Å². The Morgan fingerprint density at radius 2 is 2.20 bits per heavy atom. The van der Waals surface area contributed by atoms with Crippen molar-refractivity contribution < 1.29 is 22.4 Å². The Hall–Kier alpha value is -1.15. The molecule has 1 unspecified atom stereocenters. The van der Waals surface area contributed by atoms with Gasteiger partial charge in [-0.1, -0.05) is 5.16 Å². The van der Waals surface area contributed by atoms with Gasteiger partial charge in [0.1, 0.15) is 6.61 Å². The van der Waals surface area contributed by atoms with E-state index >= 15 is 0 Å². The molecule has 1 fully saturated rings. The number of alkyl halides is 3. The van der Waals surface area contributed by atoms with Crippen molar-refractivity contribution in [3.05, 3.63) is 11.7 Å². The van der Waals surface area contributed by atoms with Gasteiger partial charge in [0, 0.05) is 18.9 Å². The molecular weight excluding hydrogens is 275 g/mol. The van der Waals surface area contributed by atoms with E-state index < -0.39 is 12.8 Å². The average Bonchev–Trinajstić information content (AvgIpc) is 3.12. The van der Waals surface area contributed by atoms with Crippen LogP contribution in [0.1, 0.15) is 24.6 Å². The molecule has 0 radical (unpaired) electrons. The lowest BCUT2D eigenvalue weighted by Gasteiger charge is -2.11. The Labute approximate surface area is 114 Å². The number of hydrogen-bond acceptors (Lipinski definition) is 5. The maximum atomic E-state index is 11.9. The van der Waals surface area contributed by atoms with Gasteiger partial charge in [-0.15, -0.1) is 0 Å². The van der Waals surface area contributed by atoms with Gasteiger partial charge in [0.15, 0.2) is 5.82 Å². The molecular formula is C12H18F3N3O2. The first-order valence-corrected chi connectivity index (χ1v) is 6.61. The minimum absolute atomic E-state index is 0.0729. The number of hydrogen-bond donors (Lipinski definition) is 1. The third-order valence-electron chi connectivity index (χ3n) is 3.20. The zero-order valence-corrected chi connectivity index (χ0v) is 11.2. The fourth-order valence-corrected chi connectivity index (χ4v) is 2.02. The van der Waals surface area contributed by atoms with Crippen molar-refractivity contribution in [3.63, 3.8) is 0 Å². The van der Waals surface area contributed by atoms with Gasteiger partial charge in [-0.05, 0) is 25.8 Å². The molecule has 0 saturated heterocycles. The molecule has 8 heteroatoms. The van der Waals surface area contributed by atoms with E-state index in [9.17, 15) is 13.2 Å². The zero-order chi connectivity index (χ0) is 14.6. The summed E-state index contributed by atoms with van der Waals surface area (Å²) >= 11 is 0. The summed E-state index contributed by atoms with van der Waals surface area (Å²) < 4.78 is 45.2. The van der Waals surface area contributed by atoms with Crippen molar-refractivity contribution in [1.29, 1.82) is 0 Å². The summed E-state index contributed by atoms with van der Waals surface area (Å²) in [6.45, 7) is -1.32. The number of nitrogens with zero attached hydrogens (tertiary/aromatic N) is 2. The van der Waals surface area contributed by atoms with E-state index in [1.54, 1.807) is 0 Å². The van der Waals surface area contributed by atoms with Crippen LogP contribution >= 0.6 is 0 Å². The second kappa shape index (κ2) is 6.53. The lowest BCUT2D eigenvalue weighted by molar-refractivity contribution is -0.173. The highest BCUT2D eigenvalue weighted by atomic mass is 19.4. The average molecular weight is 293 g/mol. The van der Waals surface area contributed by atoms with Crippen molar-refractivity contribution in [3.8, 4) is 0 Å². The van der Waals surface area contributed by atoms with Gasteiger partial charge in [0.05, 0.1) is 6.61 Å². The Balaban J connectivity index is 1.71. The molecule has 0 amide bonds. The van der Waals surface area contributed by atoms with Crippen molar-refractivity contribution in [2.45, 2.75) is 37.9 Å².